The highest BCUT2D eigenvalue weighted by Gasteiger charge is 2.21. The highest BCUT2D eigenvalue weighted by atomic mass is 16.6. The van der Waals surface area contributed by atoms with Crippen LogP contribution in [0.5, 0.6) is 0 Å². The van der Waals surface area contributed by atoms with Gasteiger partial charge in [0.2, 0.25) is 5.91 Å². The number of carbonyl (C=O) groups excluding carboxylic acids is 2. The smallest absolute Gasteiger partial charge is 0.293 e. The fourth-order valence-electron chi connectivity index (χ4n) is 2.13. The summed E-state index contributed by atoms with van der Waals surface area (Å²) in [4.78, 5) is 34.3. The summed E-state index contributed by atoms with van der Waals surface area (Å²) in [5.74, 6) is -0.179. The number of nitro groups is 1. The molecule has 0 aliphatic heterocycles. The van der Waals surface area contributed by atoms with Crippen molar-refractivity contribution in [3.8, 4) is 0 Å². The Balaban J connectivity index is 2.08. The Morgan fingerprint density at radius 1 is 1.32 bits per heavy atom. The number of anilines is 1. The molecule has 132 valence electrons. The molecule has 0 spiro atoms. The summed E-state index contributed by atoms with van der Waals surface area (Å²) in [6.45, 7) is 1.80. The van der Waals surface area contributed by atoms with Crippen molar-refractivity contribution < 1.29 is 18.9 Å². The number of benzene rings is 1. The summed E-state index contributed by atoms with van der Waals surface area (Å²) in [5.41, 5.74) is 0.0276. The van der Waals surface area contributed by atoms with Crippen molar-refractivity contribution in [1.82, 2.24) is 10.6 Å². The van der Waals surface area contributed by atoms with E-state index in [1.165, 1.54) is 25.4 Å². The largest absolute Gasteiger partial charge is 0.467 e. The first-order valence-electron chi connectivity index (χ1n) is 7.49. The van der Waals surface area contributed by atoms with E-state index < -0.39 is 16.9 Å². The van der Waals surface area contributed by atoms with Crippen molar-refractivity contribution in [2.75, 3.05) is 12.4 Å². The number of nitro benzene ring substituents is 1. The van der Waals surface area contributed by atoms with Gasteiger partial charge < -0.3 is 20.4 Å². The molecule has 2 aromatic rings. The van der Waals surface area contributed by atoms with Crippen LogP contribution in [0, 0.1) is 10.1 Å². The number of nitrogens with zero attached hydrogens (tertiary/aromatic N) is 1. The van der Waals surface area contributed by atoms with Crippen molar-refractivity contribution in [2.24, 2.45) is 0 Å². The first-order chi connectivity index (χ1) is 11.9. The number of hydrogen-bond donors (Lipinski definition) is 3. The zero-order valence-electron chi connectivity index (χ0n) is 13.7. The molecule has 2 amide bonds. The quantitative estimate of drug-likeness (QED) is 0.517. The fraction of sp³-hybridized carbons (Fsp3) is 0.250. The molecule has 9 nitrogen and oxygen atoms in total. The van der Waals surface area contributed by atoms with Gasteiger partial charge in [-0.25, -0.2) is 0 Å². The monoisotopic (exact) mass is 346 g/mol. The van der Waals surface area contributed by atoms with Crippen LogP contribution in [0.1, 0.15) is 23.0 Å². The highest BCUT2D eigenvalue weighted by molar-refractivity contribution is 5.95. The summed E-state index contributed by atoms with van der Waals surface area (Å²) in [6, 6.07) is 6.72. The number of nitrogens with one attached hydrogen (secondary N) is 3. The van der Waals surface area contributed by atoms with Gasteiger partial charge in [-0.05, 0) is 31.2 Å². The van der Waals surface area contributed by atoms with E-state index in [-0.39, 0.29) is 29.4 Å². The zero-order chi connectivity index (χ0) is 18.4. The number of carbonyl (C=O) groups is 2. The summed E-state index contributed by atoms with van der Waals surface area (Å²) in [7, 11) is 1.44. The molecule has 9 heteroatoms. The van der Waals surface area contributed by atoms with E-state index in [0.717, 1.165) is 6.07 Å². The van der Waals surface area contributed by atoms with Crippen molar-refractivity contribution in [1.29, 1.82) is 0 Å². The molecular formula is C16H18N4O5. The van der Waals surface area contributed by atoms with Gasteiger partial charge in [-0.3, -0.25) is 19.7 Å². The Bertz CT molecular complexity index is 773. The molecule has 2 rings (SSSR count). The van der Waals surface area contributed by atoms with Crippen molar-refractivity contribution >= 4 is 23.2 Å². The second-order valence-corrected chi connectivity index (χ2v) is 5.23. The third-order valence-corrected chi connectivity index (χ3v) is 3.47. The van der Waals surface area contributed by atoms with E-state index in [1.807, 2.05) is 0 Å². The number of furan rings is 1. The van der Waals surface area contributed by atoms with Crippen LogP contribution in [-0.2, 0) is 11.3 Å². The van der Waals surface area contributed by atoms with E-state index >= 15 is 0 Å². The van der Waals surface area contributed by atoms with E-state index in [1.54, 1.807) is 19.1 Å². The van der Waals surface area contributed by atoms with Crippen LogP contribution < -0.4 is 16.0 Å². The molecule has 0 radical (unpaired) electrons. The third kappa shape index (κ3) is 4.56. The van der Waals surface area contributed by atoms with Crippen molar-refractivity contribution in [2.45, 2.75) is 19.5 Å². The third-order valence-electron chi connectivity index (χ3n) is 3.47. The first kappa shape index (κ1) is 18.0. The van der Waals surface area contributed by atoms with Gasteiger partial charge in [0.05, 0.1) is 17.7 Å². The van der Waals surface area contributed by atoms with E-state index in [9.17, 15) is 19.7 Å². The van der Waals surface area contributed by atoms with Gasteiger partial charge in [-0.1, -0.05) is 0 Å². The maximum absolute atomic E-state index is 12.1. The molecule has 0 fully saturated rings. The lowest BCUT2D eigenvalue weighted by Crippen LogP contribution is -2.37. The van der Waals surface area contributed by atoms with Gasteiger partial charge in [0.15, 0.2) is 0 Å². The Hall–Kier alpha value is -3.36. The topological polar surface area (TPSA) is 127 Å². The Morgan fingerprint density at radius 2 is 2.08 bits per heavy atom. The second kappa shape index (κ2) is 7.95. The maximum Gasteiger partial charge on any atom is 0.293 e. The number of hydrogen-bond acceptors (Lipinski definition) is 6. The molecule has 1 atom stereocenters. The highest BCUT2D eigenvalue weighted by Crippen LogP contribution is 2.26. The molecule has 25 heavy (non-hydrogen) atoms. The lowest BCUT2D eigenvalue weighted by molar-refractivity contribution is -0.384. The van der Waals surface area contributed by atoms with Crippen LogP contribution in [-0.4, -0.2) is 29.8 Å². The van der Waals surface area contributed by atoms with Gasteiger partial charge in [0, 0.05) is 18.7 Å². The van der Waals surface area contributed by atoms with Crippen LogP contribution in [0.15, 0.2) is 41.0 Å². The minimum Gasteiger partial charge on any atom is -0.467 e. The normalized spacial score (nSPS) is 11.4. The van der Waals surface area contributed by atoms with Crippen LogP contribution in [0.25, 0.3) is 0 Å². The van der Waals surface area contributed by atoms with Crippen molar-refractivity contribution in [3.63, 3.8) is 0 Å². The molecule has 0 aliphatic rings. The number of rotatable bonds is 7. The summed E-state index contributed by atoms with van der Waals surface area (Å²) in [6.07, 6.45) is 1.50. The van der Waals surface area contributed by atoms with Crippen LogP contribution >= 0.6 is 0 Å². The van der Waals surface area contributed by atoms with Crippen LogP contribution in [0.2, 0.25) is 0 Å². The molecule has 1 unspecified atom stereocenters. The van der Waals surface area contributed by atoms with E-state index in [2.05, 4.69) is 16.0 Å². The summed E-state index contributed by atoms with van der Waals surface area (Å²) in [5, 5.41) is 19.1. The van der Waals surface area contributed by atoms with Crippen molar-refractivity contribution in [3.05, 3.63) is 58.0 Å². The molecule has 0 aliphatic carbocycles. The van der Waals surface area contributed by atoms with E-state index in [4.69, 9.17) is 4.42 Å². The summed E-state index contributed by atoms with van der Waals surface area (Å²) >= 11 is 0. The standard InChI is InChI=1S/C16H18N4O5/c1-10(15(21)18-9-12-4-3-7-25-12)19-13-6-5-11(16(22)17-2)8-14(13)20(23)24/h3-8,10,19H,9H2,1-2H3,(H,17,22)(H,18,21). The SMILES string of the molecule is CNC(=O)c1ccc(NC(C)C(=O)NCc2ccco2)c([N+](=O)[O-])c1. The molecular weight excluding hydrogens is 328 g/mol. The number of amides is 2. The zero-order valence-corrected chi connectivity index (χ0v) is 13.7. The second-order valence-electron chi connectivity index (χ2n) is 5.23. The average molecular weight is 346 g/mol. The summed E-state index contributed by atoms with van der Waals surface area (Å²) < 4.78 is 5.12. The van der Waals surface area contributed by atoms with Gasteiger partial charge in [0.25, 0.3) is 11.6 Å². The lowest BCUT2D eigenvalue weighted by atomic mass is 10.1. The fourth-order valence-corrected chi connectivity index (χ4v) is 2.13. The molecule has 1 aromatic heterocycles. The van der Waals surface area contributed by atoms with Gasteiger partial charge in [-0.2, -0.15) is 0 Å². The predicted octanol–water partition coefficient (Wildman–Crippen LogP) is 1.66. The molecule has 1 aromatic carbocycles. The van der Waals surface area contributed by atoms with Crippen LogP contribution in [0.3, 0.4) is 0 Å². The molecule has 3 N–H and O–H groups in total. The molecule has 0 saturated heterocycles. The van der Waals surface area contributed by atoms with Gasteiger partial charge in [0.1, 0.15) is 17.5 Å². The van der Waals surface area contributed by atoms with E-state index in [0.29, 0.717) is 5.76 Å². The minimum absolute atomic E-state index is 0.151. The molecule has 0 saturated carbocycles. The first-order valence-corrected chi connectivity index (χ1v) is 7.49. The molecule has 1 heterocycles. The average Bonchev–Trinajstić information content (AvgIpc) is 3.12. The maximum atomic E-state index is 12.1. The minimum atomic E-state index is -0.723. The molecule has 0 bridgehead atoms. The Kier molecular flexibility index (Phi) is 5.72. The predicted molar refractivity (Wildman–Crippen MR) is 90.1 cm³/mol. The Labute approximate surface area is 143 Å². The van der Waals surface area contributed by atoms with Gasteiger partial charge in [-0.15, -0.1) is 0 Å². The van der Waals surface area contributed by atoms with Crippen LogP contribution in [0.4, 0.5) is 11.4 Å². The Morgan fingerprint density at radius 3 is 2.68 bits per heavy atom. The van der Waals surface area contributed by atoms with Gasteiger partial charge >= 0.3 is 0 Å². The lowest BCUT2D eigenvalue weighted by Gasteiger charge is -2.15.